The number of rotatable bonds is 11. The van der Waals surface area contributed by atoms with Crippen LogP contribution in [-0.2, 0) is 9.59 Å². The topological polar surface area (TPSA) is 71.4 Å². The maximum absolute atomic E-state index is 15.1. The van der Waals surface area contributed by atoms with E-state index in [1.54, 1.807) is 24.3 Å². The van der Waals surface area contributed by atoms with E-state index in [1.165, 1.54) is 5.57 Å². The molecule has 0 aliphatic heterocycles. The molecule has 3 atom stereocenters. The molecular weight excluding hydrogens is 520 g/mol. The van der Waals surface area contributed by atoms with Crippen LogP contribution in [0.3, 0.4) is 0 Å². The zero-order chi connectivity index (χ0) is 31.5. The third kappa shape index (κ3) is 5.96. The number of hydrogen-bond donors (Lipinski definition) is 1. The van der Waals surface area contributed by atoms with Crippen LogP contribution in [0.25, 0.3) is 0 Å². The van der Waals surface area contributed by atoms with E-state index in [2.05, 4.69) is 39.0 Å². The van der Waals surface area contributed by atoms with E-state index in [-0.39, 0.29) is 30.1 Å². The van der Waals surface area contributed by atoms with Crippen molar-refractivity contribution < 1.29 is 19.5 Å². The number of Topliss-reactive ketones (excluding diaryl/α,β-unsaturated/α-hetero) is 3. The number of ketones is 3. The van der Waals surface area contributed by atoms with Crippen LogP contribution in [0.4, 0.5) is 0 Å². The molecule has 2 aliphatic carbocycles. The van der Waals surface area contributed by atoms with Crippen LogP contribution in [0.2, 0.25) is 0 Å². The standard InChI is InChI=1S/C38H50O4/c1-25(2)14-13-15-28(7)22-23-37-24-30(20-18-26(3)4)36(8,9)38(35(37)42,32(39)29-16-11-10-12-17-29)34(41)31(33(37)40)21-19-27(5)6/h10-12,14,16-19,22,30,40H,13,15,20-21,23-24H2,1-9H3/b28-22+. The van der Waals surface area contributed by atoms with Crippen molar-refractivity contribution in [3.8, 4) is 0 Å². The maximum Gasteiger partial charge on any atom is 0.184 e. The van der Waals surface area contributed by atoms with Gasteiger partial charge in [0, 0.05) is 11.1 Å². The zero-order valence-electron chi connectivity index (χ0n) is 27.2. The van der Waals surface area contributed by atoms with Gasteiger partial charge in [0.15, 0.2) is 22.8 Å². The molecule has 4 nitrogen and oxygen atoms in total. The van der Waals surface area contributed by atoms with Gasteiger partial charge >= 0.3 is 0 Å². The summed E-state index contributed by atoms with van der Waals surface area (Å²) in [6.45, 7) is 18.0. The van der Waals surface area contributed by atoms with Crippen molar-refractivity contribution in [3.05, 3.63) is 93.8 Å². The Morgan fingerprint density at radius 1 is 0.881 bits per heavy atom. The van der Waals surface area contributed by atoms with Crippen molar-refractivity contribution in [3.63, 3.8) is 0 Å². The van der Waals surface area contributed by atoms with E-state index in [0.29, 0.717) is 18.4 Å². The quantitative estimate of drug-likeness (QED) is 0.163. The molecule has 1 aromatic carbocycles. The summed E-state index contributed by atoms with van der Waals surface area (Å²) < 4.78 is 0. The number of allylic oxidation sites excluding steroid dienone is 10. The van der Waals surface area contributed by atoms with E-state index in [0.717, 1.165) is 29.6 Å². The van der Waals surface area contributed by atoms with E-state index in [1.807, 2.05) is 53.7 Å². The first-order valence-corrected chi connectivity index (χ1v) is 15.3. The SMILES string of the molecule is CC(C)=CCC/C(C)=C/CC12CC(CC=C(C)C)C(C)(C)C(C(=O)c3ccccc3)(C(=O)C(CC=C(C)C)=C1O)C2=O. The molecular formula is C38H50O4. The minimum atomic E-state index is -1.94. The predicted octanol–water partition coefficient (Wildman–Crippen LogP) is 9.65. The van der Waals surface area contributed by atoms with Gasteiger partial charge < -0.3 is 5.11 Å². The lowest BCUT2D eigenvalue weighted by molar-refractivity contribution is -0.164. The second-order valence-corrected chi connectivity index (χ2v) is 13.7. The van der Waals surface area contributed by atoms with Gasteiger partial charge in [0.05, 0.1) is 5.41 Å². The molecule has 0 saturated heterocycles. The lowest BCUT2D eigenvalue weighted by Gasteiger charge is -2.59. The molecule has 1 N–H and O–H groups in total. The van der Waals surface area contributed by atoms with E-state index < -0.39 is 33.6 Å². The molecule has 0 spiro atoms. The molecule has 1 saturated carbocycles. The Hall–Kier alpha value is -3.27. The normalized spacial score (nSPS) is 25.2. The zero-order valence-corrected chi connectivity index (χ0v) is 27.2. The monoisotopic (exact) mass is 570 g/mol. The first kappa shape index (κ1) is 33.2. The summed E-state index contributed by atoms with van der Waals surface area (Å²) >= 11 is 0. The number of hydrogen-bond acceptors (Lipinski definition) is 4. The number of aliphatic hydroxyl groups excluding tert-OH is 1. The van der Waals surface area contributed by atoms with Crippen molar-refractivity contribution >= 4 is 17.3 Å². The fraction of sp³-hybridized carbons (Fsp3) is 0.500. The highest BCUT2D eigenvalue weighted by atomic mass is 16.3. The summed E-state index contributed by atoms with van der Waals surface area (Å²) in [6, 6.07) is 8.73. The molecule has 1 aromatic rings. The summed E-state index contributed by atoms with van der Waals surface area (Å²) in [4.78, 5) is 44.6. The van der Waals surface area contributed by atoms with Crippen molar-refractivity contribution in [2.45, 2.75) is 101 Å². The predicted molar refractivity (Wildman–Crippen MR) is 172 cm³/mol. The second-order valence-electron chi connectivity index (χ2n) is 13.7. The Labute approximate surface area is 253 Å². The summed E-state index contributed by atoms with van der Waals surface area (Å²) in [5, 5.41) is 12.0. The van der Waals surface area contributed by atoms with Gasteiger partial charge in [0.25, 0.3) is 0 Å². The second kappa shape index (κ2) is 12.9. The number of carbonyl (C=O) groups is 3. The molecule has 3 rings (SSSR count). The Balaban J connectivity index is 2.35. The summed E-state index contributed by atoms with van der Waals surface area (Å²) in [6.07, 6.45) is 11.4. The minimum Gasteiger partial charge on any atom is -0.511 e. The van der Waals surface area contributed by atoms with Gasteiger partial charge in [-0.15, -0.1) is 0 Å². The molecule has 2 aliphatic rings. The average Bonchev–Trinajstić information content (AvgIpc) is 2.91. The molecule has 3 unspecified atom stereocenters. The summed E-state index contributed by atoms with van der Waals surface area (Å²) in [5.74, 6) is -1.77. The Kier molecular flexibility index (Phi) is 10.2. The van der Waals surface area contributed by atoms with Crippen LogP contribution in [-0.4, -0.2) is 22.5 Å². The van der Waals surface area contributed by atoms with Gasteiger partial charge in [-0.1, -0.05) is 90.8 Å². The number of carbonyl (C=O) groups excluding carboxylic acids is 3. The highest BCUT2D eigenvalue weighted by Gasteiger charge is 2.74. The highest BCUT2D eigenvalue weighted by Crippen LogP contribution is 2.66. The largest absolute Gasteiger partial charge is 0.511 e. The van der Waals surface area contributed by atoms with Crippen LogP contribution in [0.1, 0.15) is 111 Å². The molecule has 0 radical (unpaired) electrons. The molecule has 42 heavy (non-hydrogen) atoms. The minimum absolute atomic E-state index is 0.141. The van der Waals surface area contributed by atoms with E-state index in [4.69, 9.17) is 0 Å². The van der Waals surface area contributed by atoms with Crippen LogP contribution in [0, 0.1) is 22.2 Å². The lowest BCUT2D eigenvalue weighted by Crippen LogP contribution is -2.69. The fourth-order valence-corrected chi connectivity index (χ4v) is 6.82. The van der Waals surface area contributed by atoms with Gasteiger partial charge in [-0.05, 0) is 98.3 Å². The van der Waals surface area contributed by atoms with Gasteiger partial charge in [-0.3, -0.25) is 14.4 Å². The first-order valence-electron chi connectivity index (χ1n) is 15.3. The maximum atomic E-state index is 15.1. The molecule has 226 valence electrons. The van der Waals surface area contributed by atoms with Crippen molar-refractivity contribution in [2.24, 2.45) is 22.2 Å². The van der Waals surface area contributed by atoms with Crippen molar-refractivity contribution in [2.75, 3.05) is 0 Å². The van der Waals surface area contributed by atoms with Gasteiger partial charge in [-0.25, -0.2) is 0 Å². The Morgan fingerprint density at radius 2 is 1.48 bits per heavy atom. The fourth-order valence-electron chi connectivity index (χ4n) is 6.82. The average molecular weight is 571 g/mol. The first-order chi connectivity index (χ1) is 19.6. The van der Waals surface area contributed by atoms with Crippen LogP contribution in [0.15, 0.2) is 88.3 Å². The van der Waals surface area contributed by atoms with Crippen LogP contribution in [0.5, 0.6) is 0 Å². The van der Waals surface area contributed by atoms with E-state index >= 15 is 4.79 Å². The van der Waals surface area contributed by atoms with Crippen LogP contribution < -0.4 is 0 Å². The van der Waals surface area contributed by atoms with Crippen molar-refractivity contribution in [1.29, 1.82) is 0 Å². The van der Waals surface area contributed by atoms with Crippen LogP contribution >= 0.6 is 0 Å². The molecule has 0 heterocycles. The van der Waals surface area contributed by atoms with E-state index in [9.17, 15) is 14.7 Å². The Morgan fingerprint density at radius 3 is 2.05 bits per heavy atom. The van der Waals surface area contributed by atoms with Crippen molar-refractivity contribution in [1.82, 2.24) is 0 Å². The Bertz CT molecular complexity index is 1370. The number of aliphatic hydroxyl groups is 1. The van der Waals surface area contributed by atoms with Gasteiger partial charge in [0.1, 0.15) is 5.76 Å². The third-order valence-electron chi connectivity index (χ3n) is 9.50. The van der Waals surface area contributed by atoms with Gasteiger partial charge in [-0.2, -0.15) is 0 Å². The highest BCUT2D eigenvalue weighted by molar-refractivity contribution is 6.36. The number of benzene rings is 1. The molecule has 0 aromatic heterocycles. The lowest BCUT2D eigenvalue weighted by atomic mass is 9.39. The molecule has 1 fully saturated rings. The summed E-state index contributed by atoms with van der Waals surface area (Å²) in [5.41, 5.74) is 0.787. The molecule has 0 amide bonds. The van der Waals surface area contributed by atoms with Gasteiger partial charge in [0.2, 0.25) is 0 Å². The summed E-state index contributed by atoms with van der Waals surface area (Å²) in [7, 11) is 0. The third-order valence-corrected chi connectivity index (χ3v) is 9.50. The number of fused-ring (bicyclic) bond motifs is 2. The molecule has 2 bridgehead atoms. The molecule has 4 heteroatoms. The smallest absolute Gasteiger partial charge is 0.184 e.